The number of aromatic nitrogens is 2. The molecule has 2 N–H and O–H groups in total. The fraction of sp³-hybridized carbons (Fsp3) is 0.192. The summed E-state index contributed by atoms with van der Waals surface area (Å²) in [5, 5.41) is 5.66. The lowest BCUT2D eigenvalue weighted by molar-refractivity contribution is -0.115. The molecule has 2 amide bonds. The van der Waals surface area contributed by atoms with Gasteiger partial charge in [-0.2, -0.15) is 0 Å². The molecule has 0 radical (unpaired) electrons. The zero-order valence-electron chi connectivity index (χ0n) is 18.9. The summed E-state index contributed by atoms with van der Waals surface area (Å²) >= 11 is 1.55. The summed E-state index contributed by atoms with van der Waals surface area (Å²) in [6.07, 6.45) is 3.95. The predicted octanol–water partition coefficient (Wildman–Crippen LogP) is 4.92. The van der Waals surface area contributed by atoms with E-state index in [2.05, 4.69) is 15.6 Å². The second-order valence-electron chi connectivity index (χ2n) is 7.99. The number of pyridine rings is 1. The van der Waals surface area contributed by atoms with E-state index in [1.165, 1.54) is 0 Å². The second kappa shape index (κ2) is 9.92. The van der Waals surface area contributed by atoms with E-state index in [1.807, 2.05) is 86.1 Å². The van der Waals surface area contributed by atoms with Crippen molar-refractivity contribution in [1.82, 2.24) is 14.7 Å². The monoisotopic (exact) mass is 458 g/mol. The van der Waals surface area contributed by atoms with Crippen LogP contribution in [0.25, 0.3) is 5.65 Å². The maximum Gasteiger partial charge on any atom is 0.252 e. The summed E-state index contributed by atoms with van der Waals surface area (Å²) in [5.41, 5.74) is 6.31. The van der Waals surface area contributed by atoms with Gasteiger partial charge in [0, 0.05) is 28.7 Å². The van der Waals surface area contributed by atoms with Gasteiger partial charge in [0.1, 0.15) is 5.65 Å². The van der Waals surface area contributed by atoms with Gasteiger partial charge in [-0.25, -0.2) is 4.98 Å². The van der Waals surface area contributed by atoms with E-state index in [1.54, 1.807) is 17.8 Å². The molecule has 0 spiro atoms. The molecule has 0 bridgehead atoms. The number of rotatable bonds is 7. The van der Waals surface area contributed by atoms with Crippen LogP contribution in [0.4, 0.5) is 5.69 Å². The van der Waals surface area contributed by atoms with Gasteiger partial charge in [-0.1, -0.05) is 35.9 Å². The molecular weight excluding hydrogens is 432 g/mol. The van der Waals surface area contributed by atoms with E-state index >= 15 is 0 Å². The average Bonchev–Trinajstić information content (AvgIpc) is 3.21. The third-order valence-corrected chi connectivity index (χ3v) is 6.38. The van der Waals surface area contributed by atoms with Crippen molar-refractivity contribution in [2.45, 2.75) is 31.4 Å². The molecule has 7 heteroatoms. The van der Waals surface area contributed by atoms with Crippen LogP contribution in [0.3, 0.4) is 0 Å². The number of fused-ring (bicyclic) bond motifs is 1. The minimum Gasteiger partial charge on any atom is -0.343 e. The fourth-order valence-corrected chi connectivity index (χ4v) is 4.74. The summed E-state index contributed by atoms with van der Waals surface area (Å²) in [4.78, 5) is 30.8. The van der Waals surface area contributed by atoms with Crippen LogP contribution in [-0.2, 0) is 10.5 Å². The Morgan fingerprint density at radius 2 is 1.73 bits per heavy atom. The highest BCUT2D eigenvalue weighted by atomic mass is 32.2. The number of nitrogens with one attached hydrogen (secondary N) is 2. The zero-order chi connectivity index (χ0) is 23.4. The average molecular weight is 459 g/mol. The van der Waals surface area contributed by atoms with E-state index in [4.69, 9.17) is 0 Å². The first-order valence-corrected chi connectivity index (χ1v) is 11.7. The van der Waals surface area contributed by atoms with Gasteiger partial charge in [-0.3, -0.25) is 9.59 Å². The van der Waals surface area contributed by atoms with Gasteiger partial charge >= 0.3 is 0 Å². The highest BCUT2D eigenvalue weighted by Crippen LogP contribution is 2.26. The Hall–Kier alpha value is -3.58. The maximum atomic E-state index is 12.8. The number of thioether (sulfide) groups is 1. The first kappa shape index (κ1) is 22.6. The summed E-state index contributed by atoms with van der Waals surface area (Å²) < 4.78 is 1.98. The van der Waals surface area contributed by atoms with Gasteiger partial charge in [-0.05, 0) is 56.2 Å². The number of carbonyl (C=O) groups excluding carboxylic acids is 2. The highest BCUT2D eigenvalue weighted by molar-refractivity contribution is 7.98. The van der Waals surface area contributed by atoms with Gasteiger partial charge < -0.3 is 15.0 Å². The molecule has 0 aliphatic rings. The molecule has 0 atom stereocenters. The van der Waals surface area contributed by atoms with Crippen LogP contribution in [0, 0.1) is 20.8 Å². The molecule has 168 valence electrons. The molecule has 2 aromatic carbocycles. The molecule has 0 saturated heterocycles. The van der Waals surface area contributed by atoms with Crippen molar-refractivity contribution in [2.75, 3.05) is 11.9 Å². The molecule has 0 aliphatic carbocycles. The standard InChI is InChI=1S/C26H26N4O2S/c1-17-12-18(2)25(19(3)13-17)29-24(31)14-27-26(32)21-8-4-5-9-22(21)33-16-20-15-30-11-7-6-10-23(30)28-20/h4-13,15H,14,16H2,1-3H3,(H,27,32)(H,29,31). The molecule has 2 aromatic heterocycles. The van der Waals surface area contributed by atoms with Gasteiger partial charge in [-0.15, -0.1) is 11.8 Å². The lowest BCUT2D eigenvalue weighted by Gasteiger charge is -2.14. The van der Waals surface area contributed by atoms with Gasteiger partial charge in [0.2, 0.25) is 5.91 Å². The molecule has 4 aromatic rings. The predicted molar refractivity (Wildman–Crippen MR) is 133 cm³/mol. The van der Waals surface area contributed by atoms with Crippen molar-refractivity contribution >= 4 is 34.9 Å². The minimum absolute atomic E-state index is 0.100. The number of benzene rings is 2. The van der Waals surface area contributed by atoms with Crippen molar-refractivity contribution in [2.24, 2.45) is 0 Å². The SMILES string of the molecule is Cc1cc(C)c(NC(=O)CNC(=O)c2ccccc2SCc2cn3ccccc3n2)c(C)c1. The molecule has 2 heterocycles. The quantitative estimate of drug-likeness (QED) is 0.386. The van der Waals surface area contributed by atoms with Crippen molar-refractivity contribution in [3.8, 4) is 0 Å². The second-order valence-corrected chi connectivity index (χ2v) is 9.00. The Morgan fingerprint density at radius 3 is 2.48 bits per heavy atom. The Kier molecular flexibility index (Phi) is 6.79. The van der Waals surface area contributed by atoms with Crippen molar-refractivity contribution in [1.29, 1.82) is 0 Å². The maximum absolute atomic E-state index is 12.8. The lowest BCUT2D eigenvalue weighted by atomic mass is 10.1. The molecule has 0 fully saturated rings. The lowest BCUT2D eigenvalue weighted by Crippen LogP contribution is -2.33. The van der Waals surface area contributed by atoms with Gasteiger partial charge in [0.05, 0.1) is 17.8 Å². The van der Waals surface area contributed by atoms with E-state index in [-0.39, 0.29) is 18.4 Å². The van der Waals surface area contributed by atoms with Crippen LogP contribution in [0.15, 0.2) is 71.9 Å². The van der Waals surface area contributed by atoms with Crippen molar-refractivity contribution < 1.29 is 9.59 Å². The summed E-state index contributed by atoms with van der Waals surface area (Å²) in [7, 11) is 0. The normalized spacial score (nSPS) is 10.9. The van der Waals surface area contributed by atoms with Crippen LogP contribution in [0.1, 0.15) is 32.7 Å². The molecule has 4 rings (SSSR count). The number of nitrogens with zero attached hydrogens (tertiary/aromatic N) is 2. The van der Waals surface area contributed by atoms with Crippen LogP contribution in [0.2, 0.25) is 0 Å². The number of amides is 2. The smallest absolute Gasteiger partial charge is 0.252 e. The van der Waals surface area contributed by atoms with Gasteiger partial charge in [0.25, 0.3) is 5.91 Å². The molecule has 0 saturated carbocycles. The third-order valence-electron chi connectivity index (χ3n) is 5.27. The summed E-state index contributed by atoms with van der Waals surface area (Å²) in [6.45, 7) is 5.85. The summed E-state index contributed by atoms with van der Waals surface area (Å²) in [5.74, 6) is 0.104. The van der Waals surface area contributed by atoms with Crippen LogP contribution < -0.4 is 10.6 Å². The largest absolute Gasteiger partial charge is 0.343 e. The number of anilines is 1. The van der Waals surface area contributed by atoms with Crippen molar-refractivity contribution in [3.63, 3.8) is 0 Å². The van der Waals surface area contributed by atoms with E-state index in [9.17, 15) is 9.59 Å². The zero-order valence-corrected chi connectivity index (χ0v) is 19.7. The van der Waals surface area contributed by atoms with Crippen LogP contribution >= 0.6 is 11.8 Å². The van der Waals surface area contributed by atoms with E-state index < -0.39 is 0 Å². The Bertz CT molecular complexity index is 1270. The Balaban J connectivity index is 1.38. The van der Waals surface area contributed by atoms with Gasteiger partial charge in [0.15, 0.2) is 0 Å². The topological polar surface area (TPSA) is 75.5 Å². The first-order valence-electron chi connectivity index (χ1n) is 10.7. The highest BCUT2D eigenvalue weighted by Gasteiger charge is 2.14. The van der Waals surface area contributed by atoms with Crippen LogP contribution in [-0.4, -0.2) is 27.7 Å². The van der Waals surface area contributed by atoms with Crippen LogP contribution in [0.5, 0.6) is 0 Å². The fourth-order valence-electron chi connectivity index (χ4n) is 3.81. The summed E-state index contributed by atoms with van der Waals surface area (Å²) in [6, 6.07) is 17.3. The number of hydrogen-bond acceptors (Lipinski definition) is 4. The molecule has 0 unspecified atom stereocenters. The third kappa shape index (κ3) is 5.43. The number of aryl methyl sites for hydroxylation is 3. The molecular formula is C26H26N4O2S. The molecule has 33 heavy (non-hydrogen) atoms. The molecule has 6 nitrogen and oxygen atoms in total. The van der Waals surface area contributed by atoms with Crippen molar-refractivity contribution in [3.05, 3.63) is 94.9 Å². The Morgan fingerprint density at radius 1 is 1.00 bits per heavy atom. The first-order chi connectivity index (χ1) is 15.9. The number of imidazole rings is 1. The minimum atomic E-state index is -0.277. The number of carbonyl (C=O) groups is 2. The molecule has 0 aliphatic heterocycles. The van der Waals surface area contributed by atoms with E-state index in [0.29, 0.717) is 11.3 Å². The Labute approximate surface area is 197 Å². The van der Waals surface area contributed by atoms with E-state index in [0.717, 1.165) is 38.6 Å². The number of hydrogen-bond donors (Lipinski definition) is 2.